The number of nitrogens with one attached hydrogen (secondary N) is 2. The van der Waals surface area contributed by atoms with Crippen molar-refractivity contribution in [3.05, 3.63) is 35.0 Å². The van der Waals surface area contributed by atoms with Gasteiger partial charge < -0.3 is 20.5 Å². The van der Waals surface area contributed by atoms with Crippen LogP contribution in [0.3, 0.4) is 0 Å². The van der Waals surface area contributed by atoms with E-state index in [9.17, 15) is 15.0 Å². The number of aryl methyl sites for hydroxylation is 2. The molecule has 0 bridgehead atoms. The Kier molecular flexibility index (Phi) is 3.83. The molecule has 5 nitrogen and oxygen atoms in total. The largest absolute Gasteiger partial charge is 0.394 e. The molecule has 0 spiro atoms. The summed E-state index contributed by atoms with van der Waals surface area (Å²) in [6.45, 7) is 4.94. The van der Waals surface area contributed by atoms with Crippen molar-refractivity contribution < 1.29 is 15.0 Å². The van der Waals surface area contributed by atoms with Gasteiger partial charge in [0.15, 0.2) is 0 Å². The Morgan fingerprint density at radius 1 is 1.30 bits per heavy atom. The topological polar surface area (TPSA) is 85.4 Å². The smallest absolute Gasteiger partial charge is 0.251 e. The van der Waals surface area contributed by atoms with Gasteiger partial charge in [-0.3, -0.25) is 4.79 Å². The molecular formula is C15H20N2O3. The van der Waals surface area contributed by atoms with E-state index in [0.29, 0.717) is 5.56 Å². The Morgan fingerprint density at radius 3 is 2.55 bits per heavy atom. The second kappa shape index (κ2) is 5.26. The van der Waals surface area contributed by atoms with Gasteiger partial charge in [0.05, 0.1) is 18.8 Å². The number of carbonyl (C=O) groups excluding carboxylic acids is 1. The van der Waals surface area contributed by atoms with Crippen molar-refractivity contribution in [3.63, 3.8) is 0 Å². The maximum absolute atomic E-state index is 12.2. The first kappa shape index (κ1) is 14.6. The predicted octanol–water partition coefficient (Wildman–Crippen LogP) is 1.26. The minimum Gasteiger partial charge on any atom is -0.394 e. The monoisotopic (exact) mass is 276 g/mol. The van der Waals surface area contributed by atoms with Crippen molar-refractivity contribution in [2.75, 3.05) is 13.2 Å². The number of rotatable bonds is 4. The normalized spacial score (nSPS) is 11.8. The summed E-state index contributed by atoms with van der Waals surface area (Å²) in [5.41, 5.74) is 2.67. The zero-order valence-corrected chi connectivity index (χ0v) is 11.9. The molecule has 0 saturated heterocycles. The van der Waals surface area contributed by atoms with Crippen molar-refractivity contribution in [2.45, 2.75) is 26.3 Å². The third-order valence-corrected chi connectivity index (χ3v) is 3.68. The van der Waals surface area contributed by atoms with Crippen LogP contribution in [-0.4, -0.2) is 39.9 Å². The number of benzene rings is 1. The highest BCUT2D eigenvalue weighted by molar-refractivity contribution is 5.99. The lowest BCUT2D eigenvalue weighted by molar-refractivity contribution is 0.0724. The van der Waals surface area contributed by atoms with Gasteiger partial charge >= 0.3 is 0 Å². The van der Waals surface area contributed by atoms with Crippen LogP contribution in [0.1, 0.15) is 28.5 Å². The van der Waals surface area contributed by atoms with E-state index in [1.54, 1.807) is 13.0 Å². The molecule has 0 radical (unpaired) electrons. The van der Waals surface area contributed by atoms with Gasteiger partial charge in [0.1, 0.15) is 0 Å². The summed E-state index contributed by atoms with van der Waals surface area (Å²) in [6.07, 6.45) is 0. The van der Waals surface area contributed by atoms with Gasteiger partial charge in [0, 0.05) is 22.2 Å². The summed E-state index contributed by atoms with van der Waals surface area (Å²) in [5.74, 6) is -0.309. The third kappa shape index (κ3) is 2.55. The first-order valence-electron chi connectivity index (χ1n) is 6.53. The van der Waals surface area contributed by atoms with Gasteiger partial charge in [-0.2, -0.15) is 0 Å². The zero-order chi connectivity index (χ0) is 14.9. The Labute approximate surface area is 117 Å². The number of aromatic amines is 1. The lowest BCUT2D eigenvalue weighted by atomic mass is 10.0. The first-order chi connectivity index (χ1) is 9.40. The summed E-state index contributed by atoms with van der Waals surface area (Å²) in [6, 6.07) is 5.40. The second-order valence-electron chi connectivity index (χ2n) is 5.47. The van der Waals surface area contributed by atoms with Crippen LogP contribution in [0.4, 0.5) is 0 Å². The minimum atomic E-state index is -1.02. The summed E-state index contributed by atoms with van der Waals surface area (Å²) in [5, 5.41) is 22.1. The SMILES string of the molecule is Cc1[nH]c2ccc(C(=O)NC(C)(CO)CO)cc2c1C. The highest BCUT2D eigenvalue weighted by atomic mass is 16.3. The van der Waals surface area contributed by atoms with Crippen molar-refractivity contribution in [1.82, 2.24) is 10.3 Å². The van der Waals surface area contributed by atoms with Gasteiger partial charge in [-0.1, -0.05) is 0 Å². The van der Waals surface area contributed by atoms with Crippen molar-refractivity contribution in [3.8, 4) is 0 Å². The molecule has 0 saturated carbocycles. The molecule has 5 heteroatoms. The van der Waals surface area contributed by atoms with E-state index in [-0.39, 0.29) is 19.1 Å². The summed E-state index contributed by atoms with van der Waals surface area (Å²) in [4.78, 5) is 15.4. The molecular weight excluding hydrogens is 256 g/mol. The maximum atomic E-state index is 12.2. The van der Waals surface area contributed by atoms with Crippen molar-refractivity contribution in [2.24, 2.45) is 0 Å². The molecule has 0 atom stereocenters. The van der Waals surface area contributed by atoms with Crippen LogP contribution in [0.5, 0.6) is 0 Å². The van der Waals surface area contributed by atoms with E-state index in [1.807, 2.05) is 26.0 Å². The third-order valence-electron chi connectivity index (χ3n) is 3.68. The van der Waals surface area contributed by atoms with Crippen LogP contribution in [0, 0.1) is 13.8 Å². The Morgan fingerprint density at radius 2 is 1.95 bits per heavy atom. The van der Waals surface area contributed by atoms with E-state index in [0.717, 1.165) is 22.2 Å². The van der Waals surface area contributed by atoms with Crippen LogP contribution in [0.15, 0.2) is 18.2 Å². The summed E-state index contributed by atoms with van der Waals surface area (Å²) < 4.78 is 0. The molecule has 0 aliphatic rings. The van der Waals surface area contributed by atoms with Crippen LogP contribution >= 0.6 is 0 Å². The molecule has 108 valence electrons. The van der Waals surface area contributed by atoms with E-state index < -0.39 is 5.54 Å². The fraction of sp³-hybridized carbons (Fsp3) is 0.400. The Balaban J connectivity index is 2.33. The Hall–Kier alpha value is -1.85. The van der Waals surface area contributed by atoms with Crippen LogP contribution in [0.25, 0.3) is 10.9 Å². The zero-order valence-electron chi connectivity index (χ0n) is 11.9. The maximum Gasteiger partial charge on any atom is 0.251 e. The molecule has 0 aliphatic carbocycles. The first-order valence-corrected chi connectivity index (χ1v) is 6.53. The second-order valence-corrected chi connectivity index (χ2v) is 5.47. The van der Waals surface area contributed by atoms with E-state index in [4.69, 9.17) is 0 Å². The lowest BCUT2D eigenvalue weighted by Crippen LogP contribution is -2.51. The number of aliphatic hydroxyl groups excluding tert-OH is 2. The van der Waals surface area contributed by atoms with Crippen LogP contribution in [0.2, 0.25) is 0 Å². The van der Waals surface area contributed by atoms with Crippen LogP contribution < -0.4 is 5.32 Å². The molecule has 4 N–H and O–H groups in total. The number of amides is 1. The number of carbonyl (C=O) groups is 1. The quantitative estimate of drug-likeness (QED) is 0.678. The molecule has 1 aromatic heterocycles. The molecule has 2 rings (SSSR count). The number of aromatic nitrogens is 1. The lowest BCUT2D eigenvalue weighted by Gasteiger charge is -2.26. The fourth-order valence-corrected chi connectivity index (χ4v) is 2.08. The highest BCUT2D eigenvalue weighted by Crippen LogP contribution is 2.22. The molecule has 1 aromatic carbocycles. The van der Waals surface area contributed by atoms with E-state index in [1.165, 1.54) is 0 Å². The van der Waals surface area contributed by atoms with E-state index in [2.05, 4.69) is 10.3 Å². The van der Waals surface area contributed by atoms with Gasteiger partial charge in [-0.25, -0.2) is 0 Å². The van der Waals surface area contributed by atoms with Gasteiger partial charge in [-0.05, 0) is 44.5 Å². The molecule has 0 aliphatic heterocycles. The highest BCUT2D eigenvalue weighted by Gasteiger charge is 2.25. The molecule has 1 heterocycles. The van der Waals surface area contributed by atoms with Crippen molar-refractivity contribution in [1.29, 1.82) is 0 Å². The molecule has 1 amide bonds. The number of fused-ring (bicyclic) bond motifs is 1. The predicted molar refractivity (Wildman–Crippen MR) is 77.8 cm³/mol. The molecule has 2 aromatic rings. The molecule has 0 fully saturated rings. The number of H-pyrrole nitrogens is 1. The van der Waals surface area contributed by atoms with Crippen molar-refractivity contribution >= 4 is 16.8 Å². The molecule has 20 heavy (non-hydrogen) atoms. The minimum absolute atomic E-state index is 0.309. The fourth-order valence-electron chi connectivity index (χ4n) is 2.08. The van der Waals surface area contributed by atoms with Crippen LogP contribution in [-0.2, 0) is 0 Å². The number of hydrogen-bond donors (Lipinski definition) is 4. The van der Waals surface area contributed by atoms with E-state index >= 15 is 0 Å². The standard InChI is InChI=1S/C15H20N2O3/c1-9-10(2)16-13-5-4-11(6-12(9)13)14(20)17-15(3,7-18)8-19/h4-6,16,18-19H,7-8H2,1-3H3,(H,17,20). The van der Waals surface area contributed by atoms with Gasteiger partial charge in [-0.15, -0.1) is 0 Å². The summed E-state index contributed by atoms with van der Waals surface area (Å²) in [7, 11) is 0. The van der Waals surface area contributed by atoms with Gasteiger partial charge in [0.25, 0.3) is 5.91 Å². The summed E-state index contributed by atoms with van der Waals surface area (Å²) >= 11 is 0. The van der Waals surface area contributed by atoms with Gasteiger partial charge in [0.2, 0.25) is 0 Å². The Bertz CT molecular complexity index is 642. The number of hydrogen-bond acceptors (Lipinski definition) is 3. The number of aliphatic hydroxyl groups is 2. The molecule has 0 unspecified atom stereocenters. The average molecular weight is 276 g/mol. The average Bonchev–Trinajstić information content (AvgIpc) is 2.73.